The molecule has 0 radical (unpaired) electrons. The molecule has 0 bridgehead atoms. The van der Waals surface area contributed by atoms with Crippen LogP contribution in [0.4, 0.5) is 0 Å². The number of carbonyl (C=O) groups is 2. The van der Waals surface area contributed by atoms with Crippen LogP contribution in [-0.4, -0.2) is 57.3 Å². The molecule has 162 valence electrons. The van der Waals surface area contributed by atoms with E-state index in [1.165, 1.54) is 26.4 Å². The summed E-state index contributed by atoms with van der Waals surface area (Å²) in [5, 5.41) is 9.44. The Morgan fingerprint density at radius 2 is 1.94 bits per heavy atom. The first-order valence-corrected chi connectivity index (χ1v) is 9.52. The molecule has 0 N–H and O–H groups in total. The smallest absolute Gasteiger partial charge is 0.373 e. The van der Waals surface area contributed by atoms with Gasteiger partial charge in [0.05, 0.1) is 27.4 Å². The van der Waals surface area contributed by atoms with Gasteiger partial charge in [0.1, 0.15) is 24.0 Å². The number of benzene rings is 1. The molecule has 1 aliphatic rings. The maximum absolute atomic E-state index is 12.6. The summed E-state index contributed by atoms with van der Waals surface area (Å²) in [5.41, 5.74) is 0.650. The van der Waals surface area contributed by atoms with Crippen molar-refractivity contribution in [2.45, 2.75) is 6.61 Å². The van der Waals surface area contributed by atoms with E-state index < -0.39 is 5.97 Å². The molecule has 2 heterocycles. The number of hydrogen-bond acceptors (Lipinski definition) is 8. The molecule has 9 nitrogen and oxygen atoms in total. The molecule has 1 aromatic carbocycles. The second kappa shape index (κ2) is 10.3. The van der Waals surface area contributed by atoms with E-state index in [1.54, 1.807) is 29.2 Å². The fraction of sp³-hybridized carbons (Fsp3) is 0.318. The summed E-state index contributed by atoms with van der Waals surface area (Å²) in [6, 6.07) is 10.1. The van der Waals surface area contributed by atoms with E-state index in [-0.39, 0.29) is 23.8 Å². The predicted octanol–water partition coefficient (Wildman–Crippen LogP) is 2.42. The molecule has 0 atom stereocenters. The van der Waals surface area contributed by atoms with E-state index in [1.807, 2.05) is 6.07 Å². The monoisotopic (exact) mass is 426 g/mol. The molecule has 31 heavy (non-hydrogen) atoms. The zero-order chi connectivity index (χ0) is 22.2. The minimum Gasteiger partial charge on any atom is -0.493 e. The third kappa shape index (κ3) is 5.43. The normalized spacial score (nSPS) is 14.0. The first kappa shape index (κ1) is 21.9. The number of hydrogen-bond donors (Lipinski definition) is 0. The zero-order valence-corrected chi connectivity index (χ0v) is 17.3. The summed E-state index contributed by atoms with van der Waals surface area (Å²) >= 11 is 0. The van der Waals surface area contributed by atoms with E-state index >= 15 is 0 Å². The molecule has 2 aromatic rings. The SMILES string of the molecule is COC(=O)c1ccc(COc2ccc(C=C(C#N)C(=O)N3CCOCC3)cc2OC)o1. The number of methoxy groups -OCH3 is 2. The highest BCUT2D eigenvalue weighted by Gasteiger charge is 2.21. The highest BCUT2D eigenvalue weighted by Crippen LogP contribution is 2.30. The van der Waals surface area contributed by atoms with Crippen LogP contribution in [-0.2, 0) is 20.9 Å². The molecule has 1 aliphatic heterocycles. The van der Waals surface area contributed by atoms with Crippen molar-refractivity contribution in [1.82, 2.24) is 4.90 Å². The van der Waals surface area contributed by atoms with E-state index in [0.29, 0.717) is 49.1 Å². The minimum atomic E-state index is -0.570. The van der Waals surface area contributed by atoms with Gasteiger partial charge in [0.25, 0.3) is 5.91 Å². The molecule has 1 aromatic heterocycles. The fourth-order valence-corrected chi connectivity index (χ4v) is 2.95. The van der Waals surface area contributed by atoms with Crippen LogP contribution in [0, 0.1) is 11.3 Å². The number of nitrogens with zero attached hydrogens (tertiary/aromatic N) is 2. The van der Waals surface area contributed by atoms with Gasteiger partial charge in [-0.25, -0.2) is 4.79 Å². The molecule has 1 fully saturated rings. The number of rotatable bonds is 7. The van der Waals surface area contributed by atoms with Gasteiger partial charge >= 0.3 is 5.97 Å². The maximum Gasteiger partial charge on any atom is 0.373 e. The van der Waals surface area contributed by atoms with Gasteiger partial charge in [-0.2, -0.15) is 5.26 Å². The Bertz CT molecular complexity index is 1010. The Hall–Kier alpha value is -3.77. The molecule has 3 rings (SSSR count). The minimum absolute atomic E-state index is 0.0311. The third-order valence-corrected chi connectivity index (χ3v) is 4.57. The van der Waals surface area contributed by atoms with Gasteiger partial charge in [-0.15, -0.1) is 0 Å². The standard InChI is InChI=1S/C22H22N2O7/c1-27-20-12-15(11-16(13-23)21(25)24-7-9-29-10-8-24)3-5-18(20)30-14-17-4-6-19(31-17)22(26)28-2/h3-6,11-12H,7-10,14H2,1-2H3. The highest BCUT2D eigenvalue weighted by atomic mass is 16.5. The maximum atomic E-state index is 12.6. The fourth-order valence-electron chi connectivity index (χ4n) is 2.95. The van der Waals surface area contributed by atoms with Crippen LogP contribution in [0.25, 0.3) is 6.08 Å². The van der Waals surface area contributed by atoms with E-state index in [9.17, 15) is 14.9 Å². The molecular weight excluding hydrogens is 404 g/mol. The van der Waals surface area contributed by atoms with Crippen molar-refractivity contribution in [3.05, 3.63) is 53.0 Å². The number of morpholine rings is 1. The van der Waals surface area contributed by atoms with E-state index in [4.69, 9.17) is 18.6 Å². The lowest BCUT2D eigenvalue weighted by Gasteiger charge is -2.26. The molecule has 0 aliphatic carbocycles. The van der Waals surface area contributed by atoms with Gasteiger partial charge in [-0.3, -0.25) is 4.79 Å². The number of nitriles is 1. The average Bonchev–Trinajstić information content (AvgIpc) is 3.30. The summed E-state index contributed by atoms with van der Waals surface area (Å²) < 4.78 is 26.3. The van der Waals surface area contributed by atoms with E-state index in [0.717, 1.165) is 0 Å². The second-order valence-corrected chi connectivity index (χ2v) is 6.53. The van der Waals surface area contributed by atoms with Crippen LogP contribution in [0.3, 0.4) is 0 Å². The molecule has 9 heteroatoms. The largest absolute Gasteiger partial charge is 0.493 e. The number of esters is 1. The molecule has 0 saturated carbocycles. The highest BCUT2D eigenvalue weighted by molar-refractivity contribution is 6.01. The van der Waals surface area contributed by atoms with Gasteiger partial charge in [0.2, 0.25) is 5.76 Å². The Kier molecular flexibility index (Phi) is 7.30. The summed E-state index contributed by atoms with van der Waals surface area (Å²) in [7, 11) is 2.76. The topological polar surface area (TPSA) is 111 Å². The predicted molar refractivity (Wildman–Crippen MR) is 108 cm³/mol. The van der Waals surface area contributed by atoms with Crippen LogP contribution in [0.15, 0.2) is 40.3 Å². The van der Waals surface area contributed by atoms with Gasteiger partial charge in [0.15, 0.2) is 11.5 Å². The van der Waals surface area contributed by atoms with Crippen molar-refractivity contribution in [3.8, 4) is 17.6 Å². The lowest BCUT2D eigenvalue weighted by Crippen LogP contribution is -2.41. The number of amides is 1. The molecule has 1 saturated heterocycles. The number of furan rings is 1. The van der Waals surface area contributed by atoms with Crippen molar-refractivity contribution < 1.29 is 33.0 Å². The Morgan fingerprint density at radius 1 is 1.16 bits per heavy atom. The van der Waals surface area contributed by atoms with Gasteiger partial charge in [-0.05, 0) is 35.9 Å². The van der Waals surface area contributed by atoms with Gasteiger partial charge in [-0.1, -0.05) is 6.07 Å². The molecule has 0 spiro atoms. The average molecular weight is 426 g/mol. The van der Waals surface area contributed by atoms with Crippen LogP contribution in [0.2, 0.25) is 0 Å². The van der Waals surface area contributed by atoms with Gasteiger partial charge < -0.3 is 28.3 Å². The van der Waals surface area contributed by atoms with Crippen LogP contribution in [0.1, 0.15) is 21.9 Å². The van der Waals surface area contributed by atoms with E-state index in [2.05, 4.69) is 4.74 Å². The Labute approximate surface area is 179 Å². The first-order chi connectivity index (χ1) is 15.0. The molecular formula is C22H22N2O7. The van der Waals surface area contributed by atoms with Crippen LogP contribution in [0.5, 0.6) is 11.5 Å². The van der Waals surface area contributed by atoms with Crippen molar-refractivity contribution >= 4 is 18.0 Å². The summed E-state index contributed by atoms with van der Waals surface area (Å²) in [5.74, 6) is 0.485. The number of carbonyl (C=O) groups excluding carboxylic acids is 2. The summed E-state index contributed by atoms with van der Waals surface area (Å²) in [6.07, 6.45) is 1.51. The van der Waals surface area contributed by atoms with Crippen LogP contribution >= 0.6 is 0 Å². The zero-order valence-electron chi connectivity index (χ0n) is 17.3. The first-order valence-electron chi connectivity index (χ1n) is 9.52. The lowest BCUT2D eigenvalue weighted by molar-refractivity contribution is -0.130. The number of ether oxygens (including phenoxy) is 4. The van der Waals surface area contributed by atoms with Crippen molar-refractivity contribution in [3.63, 3.8) is 0 Å². The van der Waals surface area contributed by atoms with Gasteiger partial charge in [0, 0.05) is 13.1 Å². The third-order valence-electron chi connectivity index (χ3n) is 4.57. The molecule has 1 amide bonds. The van der Waals surface area contributed by atoms with Crippen LogP contribution < -0.4 is 9.47 Å². The summed E-state index contributed by atoms with van der Waals surface area (Å²) in [4.78, 5) is 25.6. The van der Waals surface area contributed by atoms with Crippen molar-refractivity contribution in [1.29, 1.82) is 5.26 Å². The molecule has 0 unspecified atom stereocenters. The summed E-state index contributed by atoms with van der Waals surface area (Å²) in [6.45, 7) is 1.90. The Balaban J connectivity index is 1.72. The quantitative estimate of drug-likeness (QED) is 0.377. The second-order valence-electron chi connectivity index (χ2n) is 6.53. The van der Waals surface area contributed by atoms with Crippen molar-refractivity contribution in [2.75, 3.05) is 40.5 Å². The lowest BCUT2D eigenvalue weighted by atomic mass is 10.1. The van der Waals surface area contributed by atoms with Crippen molar-refractivity contribution in [2.24, 2.45) is 0 Å². The Morgan fingerprint density at radius 3 is 2.61 bits per heavy atom.